The second-order valence-electron chi connectivity index (χ2n) is 4.93. The van der Waals surface area contributed by atoms with Crippen molar-refractivity contribution in [2.75, 3.05) is 18.0 Å². The first-order chi connectivity index (χ1) is 10.6. The van der Waals surface area contributed by atoms with Gasteiger partial charge in [0.1, 0.15) is 12.3 Å². The Bertz CT molecular complexity index is 608. The Labute approximate surface area is 130 Å². The zero-order valence-electron chi connectivity index (χ0n) is 12.9. The Hall–Kier alpha value is -2.56. The van der Waals surface area contributed by atoms with E-state index in [0.29, 0.717) is 18.8 Å². The van der Waals surface area contributed by atoms with Crippen molar-refractivity contribution in [2.45, 2.75) is 20.4 Å². The number of carbonyl (C=O) groups excluding carboxylic acids is 2. The molecule has 1 heterocycles. The summed E-state index contributed by atoms with van der Waals surface area (Å²) in [5.74, 6) is 0.384. The molecule has 0 saturated carbocycles. The lowest BCUT2D eigenvalue weighted by atomic mass is 10.2. The van der Waals surface area contributed by atoms with E-state index in [2.05, 4.69) is 0 Å². The van der Waals surface area contributed by atoms with Gasteiger partial charge in [0, 0.05) is 19.2 Å². The van der Waals surface area contributed by atoms with Crippen molar-refractivity contribution in [3.05, 3.63) is 54.5 Å². The maximum absolute atomic E-state index is 12.5. The molecule has 0 aliphatic heterocycles. The van der Waals surface area contributed by atoms with E-state index in [-0.39, 0.29) is 18.4 Å². The molecule has 0 aliphatic carbocycles. The number of rotatable bonds is 6. The number of benzene rings is 1. The van der Waals surface area contributed by atoms with Crippen LogP contribution in [-0.4, -0.2) is 29.8 Å². The van der Waals surface area contributed by atoms with Crippen molar-refractivity contribution >= 4 is 17.5 Å². The molecule has 1 aromatic carbocycles. The van der Waals surface area contributed by atoms with Crippen molar-refractivity contribution < 1.29 is 14.0 Å². The van der Waals surface area contributed by atoms with Gasteiger partial charge < -0.3 is 14.2 Å². The van der Waals surface area contributed by atoms with Crippen molar-refractivity contribution in [3.8, 4) is 0 Å². The average molecular weight is 300 g/mol. The Balaban J connectivity index is 2.08. The molecule has 0 unspecified atom stereocenters. The first-order valence-electron chi connectivity index (χ1n) is 7.25. The number of hydrogen-bond acceptors (Lipinski definition) is 3. The number of nitrogens with zero attached hydrogens (tertiary/aromatic N) is 2. The van der Waals surface area contributed by atoms with Gasteiger partial charge in [0.25, 0.3) is 0 Å². The molecule has 2 rings (SSSR count). The summed E-state index contributed by atoms with van der Waals surface area (Å²) in [5, 5.41) is 0. The van der Waals surface area contributed by atoms with Gasteiger partial charge in [0.2, 0.25) is 11.8 Å². The molecular weight excluding hydrogens is 280 g/mol. The highest BCUT2D eigenvalue weighted by atomic mass is 16.3. The Morgan fingerprint density at radius 3 is 2.36 bits per heavy atom. The van der Waals surface area contributed by atoms with Crippen LogP contribution in [0, 0.1) is 0 Å². The zero-order chi connectivity index (χ0) is 15.9. The number of amides is 2. The monoisotopic (exact) mass is 300 g/mol. The Morgan fingerprint density at radius 1 is 1.09 bits per heavy atom. The quantitative estimate of drug-likeness (QED) is 0.824. The SMILES string of the molecule is CCN(C(=O)CN(Cc1ccco1)C(C)=O)c1ccccc1. The lowest BCUT2D eigenvalue weighted by Crippen LogP contribution is -2.42. The molecule has 116 valence electrons. The number of furan rings is 1. The molecule has 0 N–H and O–H groups in total. The maximum atomic E-state index is 12.5. The van der Waals surface area contributed by atoms with Crippen LogP contribution in [0.25, 0.3) is 0 Å². The average Bonchev–Trinajstić information content (AvgIpc) is 3.01. The van der Waals surface area contributed by atoms with Crippen LogP contribution >= 0.6 is 0 Å². The van der Waals surface area contributed by atoms with Crippen molar-refractivity contribution in [2.24, 2.45) is 0 Å². The molecule has 0 radical (unpaired) electrons. The molecule has 2 aromatic rings. The highest BCUT2D eigenvalue weighted by Gasteiger charge is 2.20. The van der Waals surface area contributed by atoms with Crippen LogP contribution in [0.2, 0.25) is 0 Å². The van der Waals surface area contributed by atoms with E-state index in [4.69, 9.17) is 4.42 Å². The van der Waals surface area contributed by atoms with E-state index in [9.17, 15) is 9.59 Å². The van der Waals surface area contributed by atoms with E-state index in [0.717, 1.165) is 5.69 Å². The van der Waals surface area contributed by atoms with Gasteiger partial charge in [-0.1, -0.05) is 18.2 Å². The maximum Gasteiger partial charge on any atom is 0.246 e. The van der Waals surface area contributed by atoms with Crippen LogP contribution < -0.4 is 4.90 Å². The first-order valence-corrected chi connectivity index (χ1v) is 7.25. The van der Waals surface area contributed by atoms with Crippen LogP contribution in [-0.2, 0) is 16.1 Å². The molecule has 0 aliphatic rings. The second-order valence-corrected chi connectivity index (χ2v) is 4.93. The highest BCUT2D eigenvalue weighted by Crippen LogP contribution is 2.14. The van der Waals surface area contributed by atoms with Gasteiger partial charge >= 0.3 is 0 Å². The van der Waals surface area contributed by atoms with Crippen molar-refractivity contribution in [3.63, 3.8) is 0 Å². The molecule has 22 heavy (non-hydrogen) atoms. The molecule has 5 heteroatoms. The molecule has 1 aromatic heterocycles. The van der Waals surface area contributed by atoms with Gasteiger partial charge in [-0.3, -0.25) is 9.59 Å². The van der Waals surface area contributed by atoms with Gasteiger partial charge in [-0.15, -0.1) is 0 Å². The van der Waals surface area contributed by atoms with Crippen molar-refractivity contribution in [1.29, 1.82) is 0 Å². The van der Waals surface area contributed by atoms with E-state index in [1.165, 1.54) is 11.8 Å². The van der Waals surface area contributed by atoms with Gasteiger partial charge in [0.05, 0.1) is 12.8 Å². The van der Waals surface area contributed by atoms with Crippen LogP contribution in [0.4, 0.5) is 5.69 Å². The fourth-order valence-electron chi connectivity index (χ4n) is 2.23. The summed E-state index contributed by atoms with van der Waals surface area (Å²) in [6.07, 6.45) is 1.55. The number of hydrogen-bond donors (Lipinski definition) is 0. The predicted molar refractivity (Wildman–Crippen MR) is 84.3 cm³/mol. The summed E-state index contributed by atoms with van der Waals surface area (Å²) in [7, 11) is 0. The topological polar surface area (TPSA) is 53.8 Å². The zero-order valence-corrected chi connectivity index (χ0v) is 12.9. The molecule has 0 spiro atoms. The van der Waals surface area contributed by atoms with Crippen LogP contribution in [0.15, 0.2) is 53.1 Å². The minimum Gasteiger partial charge on any atom is -0.467 e. The first kappa shape index (κ1) is 15.8. The molecule has 0 atom stereocenters. The van der Waals surface area contributed by atoms with Crippen molar-refractivity contribution in [1.82, 2.24) is 4.90 Å². The number of anilines is 1. The summed E-state index contributed by atoms with van der Waals surface area (Å²) >= 11 is 0. The number of para-hydroxylation sites is 1. The minimum absolute atomic E-state index is 0.0266. The summed E-state index contributed by atoms with van der Waals surface area (Å²) in [6, 6.07) is 13.0. The third-order valence-electron chi connectivity index (χ3n) is 3.38. The largest absolute Gasteiger partial charge is 0.467 e. The normalized spacial score (nSPS) is 10.3. The minimum atomic E-state index is -0.158. The van der Waals surface area contributed by atoms with Crippen LogP contribution in [0.1, 0.15) is 19.6 Å². The summed E-state index contributed by atoms with van der Waals surface area (Å²) in [4.78, 5) is 27.4. The van der Waals surface area contributed by atoms with Gasteiger partial charge in [-0.05, 0) is 31.2 Å². The summed E-state index contributed by atoms with van der Waals surface area (Å²) in [5.41, 5.74) is 0.830. The highest BCUT2D eigenvalue weighted by molar-refractivity contribution is 5.96. The van der Waals surface area contributed by atoms with Gasteiger partial charge in [0.15, 0.2) is 0 Å². The van der Waals surface area contributed by atoms with Gasteiger partial charge in [-0.2, -0.15) is 0 Å². The number of carbonyl (C=O) groups is 2. The van der Waals surface area contributed by atoms with E-state index in [1.54, 1.807) is 23.3 Å². The number of likely N-dealkylation sites (N-methyl/N-ethyl adjacent to an activating group) is 1. The second kappa shape index (κ2) is 7.45. The molecular formula is C17H20N2O3. The molecule has 2 amide bonds. The Morgan fingerprint density at radius 2 is 1.82 bits per heavy atom. The fourth-order valence-corrected chi connectivity index (χ4v) is 2.23. The van der Waals surface area contributed by atoms with E-state index >= 15 is 0 Å². The van der Waals surface area contributed by atoms with E-state index < -0.39 is 0 Å². The lowest BCUT2D eigenvalue weighted by Gasteiger charge is -2.25. The molecule has 0 saturated heterocycles. The summed E-state index contributed by atoms with van der Waals surface area (Å²) < 4.78 is 5.25. The lowest BCUT2D eigenvalue weighted by molar-refractivity contribution is -0.134. The fraction of sp³-hybridized carbons (Fsp3) is 0.294. The predicted octanol–water partition coefficient (Wildman–Crippen LogP) is 2.68. The summed E-state index contributed by atoms with van der Waals surface area (Å²) in [6.45, 7) is 4.24. The smallest absolute Gasteiger partial charge is 0.246 e. The molecule has 0 bridgehead atoms. The third-order valence-corrected chi connectivity index (χ3v) is 3.38. The molecule has 0 fully saturated rings. The van der Waals surface area contributed by atoms with Crippen LogP contribution in [0.5, 0.6) is 0 Å². The van der Waals surface area contributed by atoms with E-state index in [1.807, 2.05) is 37.3 Å². The van der Waals surface area contributed by atoms with Crippen LogP contribution in [0.3, 0.4) is 0 Å². The molecule has 5 nitrogen and oxygen atoms in total. The third kappa shape index (κ3) is 3.97. The van der Waals surface area contributed by atoms with Gasteiger partial charge in [-0.25, -0.2) is 0 Å². The standard InChI is InChI=1S/C17H20N2O3/c1-3-19(15-8-5-4-6-9-15)17(21)13-18(14(2)20)12-16-10-7-11-22-16/h4-11H,3,12-13H2,1-2H3. The Kier molecular flexibility index (Phi) is 5.36.